The summed E-state index contributed by atoms with van der Waals surface area (Å²) in [6.07, 6.45) is 2.44. The number of ether oxygens (including phenoxy) is 1. The van der Waals surface area contributed by atoms with Crippen LogP contribution in [-0.2, 0) is 11.2 Å². The lowest BCUT2D eigenvalue weighted by atomic mass is 9.75. The second-order valence-corrected chi connectivity index (χ2v) is 5.89. The van der Waals surface area contributed by atoms with E-state index in [4.69, 9.17) is 16.3 Å². The van der Waals surface area contributed by atoms with Crippen molar-refractivity contribution < 1.29 is 9.84 Å². The molecule has 1 saturated carbocycles. The van der Waals surface area contributed by atoms with Gasteiger partial charge >= 0.3 is 0 Å². The van der Waals surface area contributed by atoms with Crippen LogP contribution in [-0.4, -0.2) is 23.4 Å². The predicted molar refractivity (Wildman–Crippen MR) is 62.6 cm³/mol. The number of aliphatic hydroxyl groups is 1. The zero-order chi connectivity index (χ0) is 10.9. The standard InChI is InChI=1S/C11H15ClO2S/c1-2-14-8-5-11(13,6-8)7-9-3-4-10(12)15-9/h3-4,8,13H,2,5-7H2,1H3. The lowest BCUT2D eigenvalue weighted by Crippen LogP contribution is -2.49. The lowest BCUT2D eigenvalue weighted by molar-refractivity contribution is -0.135. The highest BCUT2D eigenvalue weighted by molar-refractivity contribution is 7.16. The number of hydrogen-bond donors (Lipinski definition) is 1. The summed E-state index contributed by atoms with van der Waals surface area (Å²) >= 11 is 7.38. The molecule has 0 aromatic carbocycles. The Bertz CT molecular complexity index is 331. The summed E-state index contributed by atoms with van der Waals surface area (Å²) in [6, 6.07) is 3.86. The molecule has 0 atom stereocenters. The third-order valence-electron chi connectivity index (χ3n) is 2.75. The van der Waals surface area contributed by atoms with Gasteiger partial charge in [0.2, 0.25) is 0 Å². The Labute approximate surface area is 98.8 Å². The molecule has 4 heteroatoms. The molecule has 1 aliphatic rings. The van der Waals surface area contributed by atoms with Crippen LogP contribution in [0.25, 0.3) is 0 Å². The quantitative estimate of drug-likeness (QED) is 0.885. The topological polar surface area (TPSA) is 29.5 Å². The zero-order valence-electron chi connectivity index (χ0n) is 8.70. The van der Waals surface area contributed by atoms with Crippen molar-refractivity contribution in [3.63, 3.8) is 0 Å². The first-order valence-electron chi connectivity index (χ1n) is 5.19. The largest absolute Gasteiger partial charge is 0.389 e. The molecule has 0 unspecified atom stereocenters. The van der Waals surface area contributed by atoms with E-state index >= 15 is 0 Å². The van der Waals surface area contributed by atoms with Gasteiger partial charge in [-0.25, -0.2) is 0 Å². The van der Waals surface area contributed by atoms with Gasteiger partial charge in [0.05, 0.1) is 16.0 Å². The van der Waals surface area contributed by atoms with Crippen LogP contribution in [0.1, 0.15) is 24.6 Å². The van der Waals surface area contributed by atoms with E-state index in [0.717, 1.165) is 28.7 Å². The highest BCUT2D eigenvalue weighted by Gasteiger charge is 2.43. The molecule has 84 valence electrons. The summed E-state index contributed by atoms with van der Waals surface area (Å²) in [6.45, 7) is 2.71. The minimum absolute atomic E-state index is 0.246. The van der Waals surface area contributed by atoms with Gasteiger partial charge in [-0.3, -0.25) is 0 Å². The second-order valence-electron chi connectivity index (χ2n) is 4.09. The van der Waals surface area contributed by atoms with E-state index < -0.39 is 5.60 Å². The minimum Gasteiger partial charge on any atom is -0.389 e. The van der Waals surface area contributed by atoms with Crippen molar-refractivity contribution in [2.45, 2.75) is 37.9 Å². The van der Waals surface area contributed by atoms with Crippen LogP contribution < -0.4 is 0 Å². The van der Waals surface area contributed by atoms with E-state index in [-0.39, 0.29) is 6.10 Å². The number of thiophene rings is 1. The van der Waals surface area contributed by atoms with Gasteiger partial charge in [-0.15, -0.1) is 11.3 Å². The molecular formula is C11H15ClO2S. The second kappa shape index (κ2) is 4.42. The highest BCUT2D eigenvalue weighted by Crippen LogP contribution is 2.38. The average molecular weight is 247 g/mol. The average Bonchev–Trinajstić information content (AvgIpc) is 2.49. The third-order valence-corrected chi connectivity index (χ3v) is 3.98. The third kappa shape index (κ3) is 2.72. The fraction of sp³-hybridized carbons (Fsp3) is 0.636. The van der Waals surface area contributed by atoms with Gasteiger partial charge in [-0.05, 0) is 19.1 Å². The van der Waals surface area contributed by atoms with Crippen LogP contribution in [0.5, 0.6) is 0 Å². The van der Waals surface area contributed by atoms with Gasteiger partial charge in [0.25, 0.3) is 0 Å². The maximum Gasteiger partial charge on any atom is 0.0931 e. The molecule has 0 bridgehead atoms. The van der Waals surface area contributed by atoms with E-state index in [2.05, 4.69) is 0 Å². The van der Waals surface area contributed by atoms with E-state index in [1.807, 2.05) is 19.1 Å². The molecule has 2 rings (SSSR count). The molecule has 0 amide bonds. The SMILES string of the molecule is CCOC1CC(O)(Cc2ccc(Cl)s2)C1. The van der Waals surface area contributed by atoms with Crippen molar-refractivity contribution >= 4 is 22.9 Å². The Hall–Kier alpha value is -0.0900. The maximum atomic E-state index is 10.2. The van der Waals surface area contributed by atoms with Gasteiger partial charge in [0.1, 0.15) is 0 Å². The van der Waals surface area contributed by atoms with Crippen molar-refractivity contribution in [2.24, 2.45) is 0 Å². The fourth-order valence-electron chi connectivity index (χ4n) is 2.06. The molecule has 1 aliphatic carbocycles. The molecule has 0 saturated heterocycles. The van der Waals surface area contributed by atoms with Gasteiger partial charge in [0.15, 0.2) is 0 Å². The Balaban J connectivity index is 1.86. The highest BCUT2D eigenvalue weighted by atomic mass is 35.5. The Morgan fingerprint density at radius 1 is 1.60 bits per heavy atom. The summed E-state index contributed by atoms with van der Waals surface area (Å²) in [4.78, 5) is 1.15. The predicted octanol–water partition coefficient (Wildman–Crippen LogP) is 2.87. The zero-order valence-corrected chi connectivity index (χ0v) is 10.3. The first kappa shape index (κ1) is 11.4. The van der Waals surface area contributed by atoms with E-state index in [9.17, 15) is 5.11 Å². The molecule has 0 spiro atoms. The lowest BCUT2D eigenvalue weighted by Gasteiger charge is -2.43. The maximum absolute atomic E-state index is 10.2. The number of halogens is 1. The molecule has 2 nitrogen and oxygen atoms in total. The summed E-state index contributed by atoms with van der Waals surface area (Å²) in [5.74, 6) is 0. The van der Waals surface area contributed by atoms with Gasteiger partial charge < -0.3 is 9.84 Å². The summed E-state index contributed by atoms with van der Waals surface area (Å²) in [7, 11) is 0. The summed E-state index contributed by atoms with van der Waals surface area (Å²) < 4.78 is 6.22. The molecule has 1 aromatic heterocycles. The Morgan fingerprint density at radius 3 is 2.87 bits per heavy atom. The molecular weight excluding hydrogens is 232 g/mol. The molecule has 1 aromatic rings. The normalized spacial score (nSPS) is 30.2. The molecule has 1 fully saturated rings. The molecule has 1 heterocycles. The first-order chi connectivity index (χ1) is 7.11. The van der Waals surface area contributed by atoms with Crippen molar-refractivity contribution in [3.8, 4) is 0 Å². The van der Waals surface area contributed by atoms with Crippen LogP contribution in [0.3, 0.4) is 0 Å². The monoisotopic (exact) mass is 246 g/mol. The molecule has 0 radical (unpaired) electrons. The van der Waals surface area contributed by atoms with Crippen molar-refractivity contribution in [1.82, 2.24) is 0 Å². The van der Waals surface area contributed by atoms with Crippen LogP contribution in [0.2, 0.25) is 4.34 Å². The smallest absolute Gasteiger partial charge is 0.0931 e. The molecule has 0 aliphatic heterocycles. The van der Waals surface area contributed by atoms with E-state index in [1.54, 1.807) is 11.3 Å². The molecule has 1 N–H and O–H groups in total. The van der Waals surface area contributed by atoms with Gasteiger partial charge in [-0.2, -0.15) is 0 Å². The first-order valence-corrected chi connectivity index (χ1v) is 6.39. The van der Waals surface area contributed by atoms with E-state index in [1.165, 1.54) is 0 Å². The number of rotatable bonds is 4. The Morgan fingerprint density at radius 2 is 2.33 bits per heavy atom. The Kier molecular flexibility index (Phi) is 3.36. The minimum atomic E-state index is -0.561. The van der Waals surface area contributed by atoms with Crippen molar-refractivity contribution in [2.75, 3.05) is 6.61 Å². The van der Waals surface area contributed by atoms with Crippen molar-refractivity contribution in [1.29, 1.82) is 0 Å². The number of hydrogen-bond acceptors (Lipinski definition) is 3. The molecule has 15 heavy (non-hydrogen) atoms. The fourth-order valence-corrected chi connectivity index (χ4v) is 3.28. The summed E-state index contributed by atoms with van der Waals surface area (Å²) in [5.41, 5.74) is -0.561. The van der Waals surface area contributed by atoms with Crippen LogP contribution in [0.15, 0.2) is 12.1 Å². The van der Waals surface area contributed by atoms with Gasteiger partial charge in [-0.1, -0.05) is 11.6 Å². The van der Waals surface area contributed by atoms with Crippen molar-refractivity contribution in [3.05, 3.63) is 21.3 Å². The van der Waals surface area contributed by atoms with Crippen LogP contribution in [0.4, 0.5) is 0 Å². The van der Waals surface area contributed by atoms with E-state index in [0.29, 0.717) is 6.42 Å². The summed E-state index contributed by atoms with van der Waals surface area (Å²) in [5, 5.41) is 10.2. The van der Waals surface area contributed by atoms with Crippen LogP contribution in [0, 0.1) is 0 Å². The van der Waals surface area contributed by atoms with Gasteiger partial charge in [0, 0.05) is 30.7 Å². The van der Waals surface area contributed by atoms with Crippen LogP contribution >= 0.6 is 22.9 Å².